The lowest BCUT2D eigenvalue weighted by Crippen LogP contribution is -2.10. The maximum Gasteiger partial charge on any atom is 0.237 e. The SMILES string of the molecule is Brc1cnc(-n2cnc3ccccc32)nc1NCCc1ccccn1. The van der Waals surface area contributed by atoms with Gasteiger partial charge in [0.25, 0.3) is 0 Å². The van der Waals surface area contributed by atoms with E-state index in [9.17, 15) is 0 Å². The normalized spacial score (nSPS) is 10.9. The van der Waals surface area contributed by atoms with Crippen molar-refractivity contribution in [3.05, 3.63) is 71.4 Å². The van der Waals surface area contributed by atoms with E-state index >= 15 is 0 Å². The number of nitrogens with one attached hydrogen (secondary N) is 1. The first-order chi connectivity index (χ1) is 12.3. The van der Waals surface area contributed by atoms with Crippen LogP contribution in [0.4, 0.5) is 5.82 Å². The molecule has 0 spiro atoms. The Kier molecular flexibility index (Phi) is 4.39. The second kappa shape index (κ2) is 6.98. The second-order valence-electron chi connectivity index (χ2n) is 5.47. The van der Waals surface area contributed by atoms with Gasteiger partial charge in [-0.15, -0.1) is 0 Å². The molecule has 0 fully saturated rings. The molecule has 0 amide bonds. The Balaban J connectivity index is 1.56. The predicted octanol–water partition coefficient (Wildman–Crippen LogP) is 3.63. The Bertz CT molecular complexity index is 999. The summed E-state index contributed by atoms with van der Waals surface area (Å²) >= 11 is 3.50. The summed E-state index contributed by atoms with van der Waals surface area (Å²) < 4.78 is 2.70. The molecule has 1 N–H and O–H groups in total. The van der Waals surface area contributed by atoms with E-state index in [0.717, 1.165) is 40.0 Å². The number of rotatable bonds is 5. The third-order valence-electron chi connectivity index (χ3n) is 3.80. The lowest BCUT2D eigenvalue weighted by molar-refractivity contribution is 0.918. The summed E-state index contributed by atoms with van der Waals surface area (Å²) in [7, 11) is 0. The minimum Gasteiger partial charge on any atom is -0.369 e. The topological polar surface area (TPSA) is 68.5 Å². The molecule has 0 saturated carbocycles. The molecule has 0 unspecified atom stereocenters. The summed E-state index contributed by atoms with van der Waals surface area (Å²) in [5.74, 6) is 1.33. The van der Waals surface area contributed by atoms with Gasteiger partial charge in [-0.3, -0.25) is 9.55 Å². The van der Waals surface area contributed by atoms with Gasteiger partial charge in [-0.05, 0) is 40.2 Å². The molecule has 4 rings (SSSR count). The molecule has 6 nitrogen and oxygen atoms in total. The number of hydrogen-bond acceptors (Lipinski definition) is 5. The van der Waals surface area contributed by atoms with Crippen LogP contribution in [0.1, 0.15) is 5.69 Å². The third-order valence-corrected chi connectivity index (χ3v) is 4.38. The van der Waals surface area contributed by atoms with E-state index < -0.39 is 0 Å². The minimum atomic E-state index is 0.581. The summed E-state index contributed by atoms with van der Waals surface area (Å²) in [6, 6.07) is 13.8. The molecule has 0 aliphatic rings. The van der Waals surface area contributed by atoms with E-state index in [0.29, 0.717) is 5.95 Å². The van der Waals surface area contributed by atoms with Crippen LogP contribution < -0.4 is 5.32 Å². The van der Waals surface area contributed by atoms with E-state index in [1.807, 2.05) is 47.0 Å². The van der Waals surface area contributed by atoms with Gasteiger partial charge in [-0.25, -0.2) is 9.97 Å². The second-order valence-corrected chi connectivity index (χ2v) is 6.32. The van der Waals surface area contributed by atoms with Crippen LogP contribution in [0, 0.1) is 0 Å². The zero-order valence-corrected chi connectivity index (χ0v) is 14.9. The highest BCUT2D eigenvalue weighted by molar-refractivity contribution is 9.10. The number of halogens is 1. The molecule has 0 radical (unpaired) electrons. The molecular formula is C18H15BrN6. The zero-order chi connectivity index (χ0) is 17.1. The van der Waals surface area contributed by atoms with Crippen molar-refractivity contribution < 1.29 is 0 Å². The highest BCUT2D eigenvalue weighted by atomic mass is 79.9. The summed E-state index contributed by atoms with van der Waals surface area (Å²) in [5, 5.41) is 3.34. The third kappa shape index (κ3) is 3.36. The van der Waals surface area contributed by atoms with Crippen molar-refractivity contribution in [3.63, 3.8) is 0 Å². The molecule has 3 heterocycles. The number of benzene rings is 1. The van der Waals surface area contributed by atoms with Gasteiger partial charge in [0.15, 0.2) is 0 Å². The van der Waals surface area contributed by atoms with Crippen LogP contribution in [0.5, 0.6) is 0 Å². The molecule has 0 aliphatic heterocycles. The largest absolute Gasteiger partial charge is 0.369 e. The maximum atomic E-state index is 4.63. The minimum absolute atomic E-state index is 0.581. The van der Waals surface area contributed by atoms with E-state index in [4.69, 9.17) is 0 Å². The summed E-state index contributed by atoms with van der Waals surface area (Å²) in [4.78, 5) is 17.8. The number of aromatic nitrogens is 5. The van der Waals surface area contributed by atoms with Gasteiger partial charge >= 0.3 is 0 Å². The fourth-order valence-electron chi connectivity index (χ4n) is 2.57. The number of anilines is 1. The van der Waals surface area contributed by atoms with Crippen molar-refractivity contribution >= 4 is 32.8 Å². The quantitative estimate of drug-likeness (QED) is 0.559. The Morgan fingerprint density at radius 3 is 2.76 bits per heavy atom. The Labute approximate surface area is 153 Å². The molecule has 0 bridgehead atoms. The van der Waals surface area contributed by atoms with Crippen LogP contribution >= 0.6 is 15.9 Å². The summed E-state index contributed by atoms with van der Waals surface area (Å²) in [5.41, 5.74) is 2.93. The van der Waals surface area contributed by atoms with Crippen molar-refractivity contribution in [2.75, 3.05) is 11.9 Å². The van der Waals surface area contributed by atoms with E-state index in [-0.39, 0.29) is 0 Å². The predicted molar refractivity (Wildman–Crippen MR) is 101 cm³/mol. The van der Waals surface area contributed by atoms with Crippen molar-refractivity contribution in [2.24, 2.45) is 0 Å². The first-order valence-corrected chi connectivity index (χ1v) is 8.69. The van der Waals surface area contributed by atoms with Crippen LogP contribution in [0.2, 0.25) is 0 Å². The molecule has 25 heavy (non-hydrogen) atoms. The number of hydrogen-bond donors (Lipinski definition) is 1. The van der Waals surface area contributed by atoms with Gasteiger partial charge in [0.1, 0.15) is 12.1 Å². The molecule has 124 valence electrons. The highest BCUT2D eigenvalue weighted by Crippen LogP contribution is 2.22. The van der Waals surface area contributed by atoms with Crippen LogP contribution in [0.25, 0.3) is 17.0 Å². The summed E-state index contributed by atoms with van der Waals surface area (Å²) in [6.45, 7) is 0.733. The van der Waals surface area contributed by atoms with Gasteiger partial charge in [0.05, 0.1) is 15.5 Å². The van der Waals surface area contributed by atoms with Gasteiger partial charge in [-0.2, -0.15) is 4.98 Å². The number of nitrogens with zero attached hydrogens (tertiary/aromatic N) is 5. The van der Waals surface area contributed by atoms with Crippen LogP contribution in [-0.4, -0.2) is 31.0 Å². The first-order valence-electron chi connectivity index (χ1n) is 7.90. The highest BCUT2D eigenvalue weighted by Gasteiger charge is 2.09. The van der Waals surface area contributed by atoms with Gasteiger partial charge < -0.3 is 5.32 Å². The van der Waals surface area contributed by atoms with Gasteiger partial charge in [-0.1, -0.05) is 18.2 Å². The number of pyridine rings is 1. The Morgan fingerprint density at radius 1 is 1.00 bits per heavy atom. The molecule has 3 aromatic heterocycles. The lowest BCUT2D eigenvalue weighted by atomic mass is 10.3. The van der Waals surface area contributed by atoms with Gasteiger partial charge in [0.2, 0.25) is 5.95 Å². The zero-order valence-electron chi connectivity index (χ0n) is 13.3. The number of imidazole rings is 1. The van der Waals surface area contributed by atoms with Crippen LogP contribution in [0.15, 0.2) is 65.7 Å². The van der Waals surface area contributed by atoms with Crippen molar-refractivity contribution in [3.8, 4) is 5.95 Å². The van der Waals surface area contributed by atoms with Crippen LogP contribution in [-0.2, 0) is 6.42 Å². The molecule has 0 aliphatic carbocycles. The van der Waals surface area contributed by atoms with Crippen molar-refractivity contribution in [1.82, 2.24) is 24.5 Å². The fourth-order valence-corrected chi connectivity index (χ4v) is 2.90. The fraction of sp³-hybridized carbons (Fsp3) is 0.111. The molecule has 7 heteroatoms. The molecular weight excluding hydrogens is 380 g/mol. The maximum absolute atomic E-state index is 4.63. The van der Waals surface area contributed by atoms with Crippen molar-refractivity contribution in [1.29, 1.82) is 0 Å². The smallest absolute Gasteiger partial charge is 0.237 e. The average Bonchev–Trinajstić information content (AvgIpc) is 3.08. The Hall–Kier alpha value is -2.80. The standard InChI is InChI=1S/C18H15BrN6/c19-14-11-22-18(25-12-23-15-6-1-2-7-16(15)25)24-17(14)21-10-8-13-5-3-4-9-20-13/h1-7,9,11-12H,8,10H2,(H,21,22,24). The molecule has 0 atom stereocenters. The molecule has 1 aromatic carbocycles. The van der Waals surface area contributed by atoms with E-state index in [1.54, 1.807) is 18.7 Å². The van der Waals surface area contributed by atoms with Gasteiger partial charge in [0, 0.05) is 31.1 Å². The van der Waals surface area contributed by atoms with Crippen molar-refractivity contribution in [2.45, 2.75) is 6.42 Å². The number of fused-ring (bicyclic) bond motifs is 1. The average molecular weight is 395 g/mol. The monoisotopic (exact) mass is 394 g/mol. The first kappa shape index (κ1) is 15.7. The van der Waals surface area contributed by atoms with E-state index in [2.05, 4.69) is 41.2 Å². The Morgan fingerprint density at radius 2 is 1.88 bits per heavy atom. The summed E-state index contributed by atoms with van der Waals surface area (Å²) in [6.07, 6.45) is 6.12. The molecule has 0 saturated heterocycles. The van der Waals surface area contributed by atoms with Crippen LogP contribution in [0.3, 0.4) is 0 Å². The van der Waals surface area contributed by atoms with E-state index in [1.165, 1.54) is 0 Å². The number of para-hydroxylation sites is 2. The molecule has 4 aromatic rings. The lowest BCUT2D eigenvalue weighted by Gasteiger charge is -2.09.